The van der Waals surface area contributed by atoms with E-state index >= 15 is 0 Å². The van der Waals surface area contributed by atoms with Gasteiger partial charge in [0, 0.05) is 24.7 Å². The number of H-pyrrole nitrogens is 1. The van der Waals surface area contributed by atoms with E-state index in [-0.39, 0.29) is 11.5 Å². The molecule has 1 aromatic carbocycles. The summed E-state index contributed by atoms with van der Waals surface area (Å²) in [5.41, 5.74) is 1.19. The number of nitrogens with zero attached hydrogens (tertiary/aromatic N) is 3. The number of rotatable bonds is 3. The van der Waals surface area contributed by atoms with Crippen molar-refractivity contribution in [2.24, 2.45) is 0 Å². The van der Waals surface area contributed by atoms with Gasteiger partial charge in [0.05, 0.1) is 4.92 Å². The summed E-state index contributed by atoms with van der Waals surface area (Å²) >= 11 is 0. The van der Waals surface area contributed by atoms with Gasteiger partial charge in [-0.1, -0.05) is 5.16 Å². The lowest BCUT2D eigenvalue weighted by Gasteiger charge is -2.17. The van der Waals surface area contributed by atoms with Crippen molar-refractivity contribution in [3.63, 3.8) is 0 Å². The third-order valence-electron chi connectivity index (χ3n) is 3.33. The fourth-order valence-corrected chi connectivity index (χ4v) is 2.39. The summed E-state index contributed by atoms with van der Waals surface area (Å²) in [6.07, 6.45) is 2.03. The van der Waals surface area contributed by atoms with Crippen LogP contribution in [-0.4, -0.2) is 28.2 Å². The predicted octanol–water partition coefficient (Wildman–Crippen LogP) is 1.54. The Kier molecular flexibility index (Phi) is 2.97. The second kappa shape index (κ2) is 4.80. The van der Waals surface area contributed by atoms with Gasteiger partial charge in [-0.25, -0.2) is 4.79 Å². The number of nitro groups is 1. The first-order valence-electron chi connectivity index (χ1n) is 6.25. The Bertz CT molecular complexity index is 699. The molecule has 8 heteroatoms. The number of aromatic nitrogens is 2. The molecule has 0 aliphatic carbocycles. The number of benzene rings is 1. The summed E-state index contributed by atoms with van der Waals surface area (Å²) in [6, 6.07) is 4.64. The Morgan fingerprint density at radius 3 is 2.70 bits per heavy atom. The third-order valence-corrected chi connectivity index (χ3v) is 3.33. The highest BCUT2D eigenvalue weighted by atomic mass is 16.6. The molecule has 1 N–H and O–H groups in total. The zero-order valence-corrected chi connectivity index (χ0v) is 10.5. The largest absolute Gasteiger partial charge is 0.439 e. The second-order valence-corrected chi connectivity index (χ2v) is 4.60. The zero-order chi connectivity index (χ0) is 14.1. The monoisotopic (exact) mass is 276 g/mol. The lowest BCUT2D eigenvalue weighted by Crippen LogP contribution is -2.19. The summed E-state index contributed by atoms with van der Waals surface area (Å²) in [4.78, 5) is 26.1. The molecule has 20 heavy (non-hydrogen) atoms. The molecule has 3 rings (SSSR count). The minimum atomic E-state index is -0.652. The van der Waals surface area contributed by atoms with E-state index in [1.165, 1.54) is 6.07 Å². The molecule has 8 nitrogen and oxygen atoms in total. The van der Waals surface area contributed by atoms with Crippen molar-refractivity contribution < 1.29 is 9.45 Å². The number of hydrogen-bond acceptors (Lipinski definition) is 6. The number of aromatic amines is 1. The van der Waals surface area contributed by atoms with Crippen molar-refractivity contribution in [3.8, 4) is 11.4 Å². The highest BCUT2D eigenvalue weighted by Crippen LogP contribution is 2.33. The Morgan fingerprint density at radius 1 is 1.35 bits per heavy atom. The van der Waals surface area contributed by atoms with Gasteiger partial charge >= 0.3 is 5.76 Å². The van der Waals surface area contributed by atoms with Crippen molar-refractivity contribution in [1.29, 1.82) is 0 Å². The Balaban J connectivity index is 2.08. The maximum Gasteiger partial charge on any atom is 0.439 e. The number of hydrogen-bond donors (Lipinski definition) is 1. The van der Waals surface area contributed by atoms with Crippen LogP contribution in [0.4, 0.5) is 11.4 Å². The van der Waals surface area contributed by atoms with Crippen LogP contribution in [0.3, 0.4) is 0 Å². The fourth-order valence-electron chi connectivity index (χ4n) is 2.39. The molecule has 1 fully saturated rings. The van der Waals surface area contributed by atoms with Gasteiger partial charge < -0.3 is 4.90 Å². The van der Waals surface area contributed by atoms with Gasteiger partial charge in [0.1, 0.15) is 5.69 Å². The summed E-state index contributed by atoms with van der Waals surface area (Å²) in [5.74, 6) is -0.383. The van der Waals surface area contributed by atoms with Gasteiger partial charge in [-0.2, -0.15) is 0 Å². The maximum atomic E-state index is 11.1. The highest BCUT2D eigenvalue weighted by Gasteiger charge is 2.23. The predicted molar refractivity (Wildman–Crippen MR) is 70.7 cm³/mol. The second-order valence-electron chi connectivity index (χ2n) is 4.60. The molecule has 0 unspecified atom stereocenters. The third kappa shape index (κ3) is 2.15. The average Bonchev–Trinajstić information content (AvgIpc) is 3.09. The van der Waals surface area contributed by atoms with Crippen LogP contribution in [0.25, 0.3) is 11.4 Å². The van der Waals surface area contributed by atoms with Gasteiger partial charge in [0.2, 0.25) is 0 Å². The van der Waals surface area contributed by atoms with Crippen LogP contribution in [0.1, 0.15) is 12.8 Å². The first-order valence-corrected chi connectivity index (χ1v) is 6.25. The highest BCUT2D eigenvalue weighted by molar-refractivity contribution is 5.72. The van der Waals surface area contributed by atoms with E-state index in [9.17, 15) is 14.9 Å². The fraction of sp³-hybridized carbons (Fsp3) is 0.333. The molecule has 0 spiro atoms. The van der Waals surface area contributed by atoms with E-state index in [0.717, 1.165) is 25.9 Å². The Labute approximate surface area is 113 Å². The molecule has 1 aliphatic heterocycles. The Morgan fingerprint density at radius 2 is 2.10 bits per heavy atom. The van der Waals surface area contributed by atoms with Gasteiger partial charge in [-0.3, -0.25) is 19.6 Å². The molecule has 0 saturated carbocycles. The van der Waals surface area contributed by atoms with Crippen LogP contribution >= 0.6 is 0 Å². The molecule has 1 saturated heterocycles. The van der Waals surface area contributed by atoms with E-state index in [2.05, 4.69) is 14.7 Å². The van der Waals surface area contributed by atoms with Gasteiger partial charge in [0.25, 0.3) is 5.69 Å². The topological polar surface area (TPSA) is 105 Å². The van der Waals surface area contributed by atoms with Crippen LogP contribution in [0, 0.1) is 10.1 Å². The van der Waals surface area contributed by atoms with Crippen LogP contribution in [0.15, 0.2) is 27.5 Å². The smallest absolute Gasteiger partial charge is 0.366 e. The van der Waals surface area contributed by atoms with E-state index in [0.29, 0.717) is 11.3 Å². The summed E-state index contributed by atoms with van der Waals surface area (Å²) in [6.45, 7) is 1.58. The molecule has 2 aromatic rings. The van der Waals surface area contributed by atoms with Gasteiger partial charge in [-0.05, 0) is 25.0 Å². The van der Waals surface area contributed by atoms with Gasteiger partial charge in [-0.15, -0.1) is 0 Å². The normalized spacial score (nSPS) is 14.7. The first kappa shape index (κ1) is 12.4. The zero-order valence-electron chi connectivity index (χ0n) is 10.5. The molecule has 0 atom stereocenters. The minimum Gasteiger partial charge on any atom is -0.366 e. The summed E-state index contributed by atoms with van der Waals surface area (Å²) < 4.78 is 4.45. The molecule has 1 aromatic heterocycles. The van der Waals surface area contributed by atoms with E-state index < -0.39 is 10.7 Å². The molecule has 1 aliphatic rings. The van der Waals surface area contributed by atoms with Crippen LogP contribution in [-0.2, 0) is 0 Å². The SMILES string of the molecule is O=c1[nH]c(-c2ccc([N+](=O)[O-])c(N3CCCC3)c2)no1. The van der Waals surface area contributed by atoms with Crippen molar-refractivity contribution >= 4 is 11.4 Å². The quantitative estimate of drug-likeness (QED) is 0.673. The lowest BCUT2D eigenvalue weighted by atomic mass is 10.1. The molecular formula is C12H12N4O4. The lowest BCUT2D eigenvalue weighted by molar-refractivity contribution is -0.384. The first-order chi connectivity index (χ1) is 9.65. The molecule has 104 valence electrons. The standard InChI is InChI=1S/C12H12N4O4/c17-12-13-11(14-20-12)8-3-4-9(16(18)19)10(7-8)15-5-1-2-6-15/h3-4,7H,1-2,5-6H2,(H,13,14,17). The molecule has 0 radical (unpaired) electrons. The van der Waals surface area contributed by atoms with Gasteiger partial charge in [0.15, 0.2) is 5.82 Å². The molecule has 0 amide bonds. The Hall–Kier alpha value is -2.64. The molecule has 0 bridgehead atoms. The van der Waals surface area contributed by atoms with Crippen LogP contribution in [0.5, 0.6) is 0 Å². The summed E-state index contributed by atoms with van der Waals surface area (Å²) in [7, 11) is 0. The number of anilines is 1. The van der Waals surface area contributed by atoms with Crippen molar-refractivity contribution in [2.75, 3.05) is 18.0 Å². The van der Waals surface area contributed by atoms with Crippen molar-refractivity contribution in [3.05, 3.63) is 38.9 Å². The molecule has 2 heterocycles. The van der Waals surface area contributed by atoms with Crippen molar-refractivity contribution in [2.45, 2.75) is 12.8 Å². The average molecular weight is 276 g/mol. The van der Waals surface area contributed by atoms with E-state index in [4.69, 9.17) is 0 Å². The number of nitrogens with one attached hydrogen (secondary N) is 1. The minimum absolute atomic E-state index is 0.0569. The molecular weight excluding hydrogens is 264 g/mol. The summed E-state index contributed by atoms with van der Waals surface area (Å²) in [5, 5.41) is 14.7. The van der Waals surface area contributed by atoms with Crippen LogP contribution in [0.2, 0.25) is 0 Å². The number of nitro benzene ring substituents is 1. The maximum absolute atomic E-state index is 11.1. The van der Waals surface area contributed by atoms with E-state index in [1.54, 1.807) is 12.1 Å². The van der Waals surface area contributed by atoms with Crippen LogP contribution < -0.4 is 10.7 Å². The van der Waals surface area contributed by atoms with Crippen molar-refractivity contribution in [1.82, 2.24) is 10.1 Å². The van der Waals surface area contributed by atoms with E-state index in [1.807, 2.05) is 4.90 Å².